The van der Waals surface area contributed by atoms with E-state index in [0.29, 0.717) is 0 Å². The van der Waals surface area contributed by atoms with Crippen molar-refractivity contribution in [3.05, 3.63) is 66.6 Å². The van der Waals surface area contributed by atoms with Crippen LogP contribution in [-0.4, -0.2) is 20.1 Å². The SMILES string of the molecule is OCc1ccnc(-c2ccccn2)c1-c1ccccn1. The van der Waals surface area contributed by atoms with Crippen LogP contribution >= 0.6 is 0 Å². The number of aromatic nitrogens is 3. The minimum Gasteiger partial charge on any atom is -0.392 e. The predicted molar refractivity (Wildman–Crippen MR) is 76.6 cm³/mol. The lowest BCUT2D eigenvalue weighted by Gasteiger charge is -2.11. The number of hydrogen-bond acceptors (Lipinski definition) is 4. The molecule has 4 heteroatoms. The highest BCUT2D eigenvalue weighted by molar-refractivity contribution is 5.79. The van der Waals surface area contributed by atoms with Crippen molar-refractivity contribution in [2.24, 2.45) is 0 Å². The molecule has 4 nitrogen and oxygen atoms in total. The molecule has 0 bridgehead atoms. The van der Waals surface area contributed by atoms with E-state index < -0.39 is 0 Å². The first-order valence-corrected chi connectivity index (χ1v) is 6.31. The Morgan fingerprint density at radius 2 is 1.45 bits per heavy atom. The van der Waals surface area contributed by atoms with Gasteiger partial charge in [-0.05, 0) is 35.9 Å². The van der Waals surface area contributed by atoms with Crippen LogP contribution in [0.4, 0.5) is 0 Å². The van der Waals surface area contributed by atoms with E-state index in [9.17, 15) is 5.11 Å². The molecule has 0 aliphatic heterocycles. The van der Waals surface area contributed by atoms with E-state index in [4.69, 9.17) is 0 Å². The molecule has 0 spiro atoms. The highest BCUT2D eigenvalue weighted by Gasteiger charge is 2.14. The van der Waals surface area contributed by atoms with Crippen LogP contribution in [0.15, 0.2) is 61.1 Å². The second-order valence-corrected chi connectivity index (χ2v) is 4.28. The van der Waals surface area contributed by atoms with Crippen molar-refractivity contribution in [3.63, 3.8) is 0 Å². The first-order valence-electron chi connectivity index (χ1n) is 6.31. The first-order chi connectivity index (χ1) is 9.90. The van der Waals surface area contributed by atoms with Crippen molar-refractivity contribution >= 4 is 0 Å². The summed E-state index contributed by atoms with van der Waals surface area (Å²) >= 11 is 0. The van der Waals surface area contributed by atoms with Gasteiger partial charge in [0.1, 0.15) is 0 Å². The number of pyridine rings is 3. The third-order valence-electron chi connectivity index (χ3n) is 3.04. The van der Waals surface area contributed by atoms with E-state index in [1.54, 1.807) is 24.7 Å². The lowest BCUT2D eigenvalue weighted by molar-refractivity contribution is 0.282. The Labute approximate surface area is 116 Å². The van der Waals surface area contributed by atoms with Gasteiger partial charge in [-0.1, -0.05) is 12.1 Å². The minimum absolute atomic E-state index is 0.0612. The standard InChI is InChI=1S/C16H13N3O/c20-11-12-7-10-19-16(14-6-2-4-9-18-14)15(12)13-5-1-3-8-17-13/h1-10,20H,11H2. The van der Waals surface area contributed by atoms with Gasteiger partial charge in [0.05, 0.1) is 23.7 Å². The molecule has 0 aliphatic rings. The summed E-state index contributed by atoms with van der Waals surface area (Å²) in [5.41, 5.74) is 3.90. The molecule has 3 heterocycles. The van der Waals surface area contributed by atoms with Gasteiger partial charge >= 0.3 is 0 Å². The van der Waals surface area contributed by atoms with Crippen LogP contribution in [0.3, 0.4) is 0 Å². The van der Waals surface area contributed by atoms with Crippen LogP contribution in [0.1, 0.15) is 5.56 Å². The predicted octanol–water partition coefficient (Wildman–Crippen LogP) is 2.70. The molecule has 1 N–H and O–H groups in total. The average molecular weight is 263 g/mol. The molecule has 3 aromatic heterocycles. The first kappa shape index (κ1) is 12.4. The molecule has 0 unspecified atom stereocenters. The van der Waals surface area contributed by atoms with E-state index in [-0.39, 0.29) is 6.61 Å². The smallest absolute Gasteiger partial charge is 0.0983 e. The summed E-state index contributed by atoms with van der Waals surface area (Å²) in [6, 6.07) is 13.2. The van der Waals surface area contributed by atoms with Crippen molar-refractivity contribution in [2.75, 3.05) is 0 Å². The number of aliphatic hydroxyl groups is 1. The Kier molecular flexibility index (Phi) is 3.48. The maximum absolute atomic E-state index is 9.58. The molecule has 0 aromatic carbocycles. The summed E-state index contributed by atoms with van der Waals surface area (Å²) in [5, 5.41) is 9.58. The van der Waals surface area contributed by atoms with Crippen LogP contribution in [0.2, 0.25) is 0 Å². The summed E-state index contributed by atoms with van der Waals surface area (Å²) < 4.78 is 0. The van der Waals surface area contributed by atoms with Crippen LogP contribution < -0.4 is 0 Å². The molecule has 0 amide bonds. The molecule has 3 rings (SSSR count). The van der Waals surface area contributed by atoms with Gasteiger partial charge in [-0.15, -0.1) is 0 Å². The quantitative estimate of drug-likeness (QED) is 0.789. The Balaban J connectivity index is 2.26. The summed E-state index contributed by atoms with van der Waals surface area (Å²) in [6.45, 7) is -0.0612. The average Bonchev–Trinajstić information content (AvgIpc) is 2.55. The van der Waals surface area contributed by atoms with Crippen molar-refractivity contribution in [3.8, 4) is 22.6 Å². The zero-order chi connectivity index (χ0) is 13.8. The number of rotatable bonds is 3. The lowest BCUT2D eigenvalue weighted by Crippen LogP contribution is -1.98. The van der Waals surface area contributed by atoms with Crippen molar-refractivity contribution in [2.45, 2.75) is 6.61 Å². The topological polar surface area (TPSA) is 58.9 Å². The second-order valence-electron chi connectivity index (χ2n) is 4.28. The lowest BCUT2D eigenvalue weighted by atomic mass is 10.0. The zero-order valence-corrected chi connectivity index (χ0v) is 10.8. The van der Waals surface area contributed by atoms with Gasteiger partial charge in [0.25, 0.3) is 0 Å². The summed E-state index contributed by atoms with van der Waals surface area (Å²) in [4.78, 5) is 13.1. The van der Waals surface area contributed by atoms with Crippen LogP contribution in [0, 0.1) is 0 Å². The highest BCUT2D eigenvalue weighted by atomic mass is 16.3. The molecular weight excluding hydrogens is 250 g/mol. The fourth-order valence-electron chi connectivity index (χ4n) is 2.13. The van der Waals surface area contributed by atoms with Gasteiger partial charge in [0.2, 0.25) is 0 Å². The normalized spacial score (nSPS) is 10.4. The van der Waals surface area contributed by atoms with E-state index in [0.717, 1.165) is 28.2 Å². The Morgan fingerprint density at radius 3 is 2.05 bits per heavy atom. The van der Waals surface area contributed by atoms with Crippen molar-refractivity contribution < 1.29 is 5.11 Å². The van der Waals surface area contributed by atoms with Crippen LogP contribution in [-0.2, 0) is 6.61 Å². The van der Waals surface area contributed by atoms with Gasteiger partial charge in [0, 0.05) is 24.2 Å². The molecule has 0 fully saturated rings. The molecule has 0 saturated carbocycles. The molecule has 3 aromatic rings. The molecule has 0 saturated heterocycles. The molecule has 0 radical (unpaired) electrons. The summed E-state index contributed by atoms with van der Waals surface area (Å²) in [7, 11) is 0. The molecule has 0 atom stereocenters. The Bertz CT molecular complexity index is 699. The molecule has 98 valence electrons. The molecule has 0 aliphatic carbocycles. The largest absolute Gasteiger partial charge is 0.392 e. The maximum Gasteiger partial charge on any atom is 0.0983 e. The summed E-state index contributed by atoms with van der Waals surface area (Å²) in [5.74, 6) is 0. The van der Waals surface area contributed by atoms with Crippen molar-refractivity contribution in [1.82, 2.24) is 15.0 Å². The third kappa shape index (κ3) is 2.29. The van der Waals surface area contributed by atoms with Gasteiger partial charge in [-0.2, -0.15) is 0 Å². The fourth-order valence-corrected chi connectivity index (χ4v) is 2.13. The van der Waals surface area contributed by atoms with Crippen molar-refractivity contribution in [1.29, 1.82) is 0 Å². The van der Waals surface area contributed by atoms with E-state index >= 15 is 0 Å². The molecular formula is C16H13N3O. The van der Waals surface area contributed by atoms with Gasteiger partial charge in [-0.25, -0.2) is 0 Å². The number of nitrogens with zero attached hydrogens (tertiary/aromatic N) is 3. The number of hydrogen-bond donors (Lipinski definition) is 1. The van der Waals surface area contributed by atoms with Gasteiger partial charge < -0.3 is 5.11 Å². The monoisotopic (exact) mass is 263 g/mol. The Morgan fingerprint density at radius 1 is 0.750 bits per heavy atom. The fraction of sp³-hybridized carbons (Fsp3) is 0.0625. The van der Waals surface area contributed by atoms with E-state index in [1.807, 2.05) is 36.4 Å². The molecule has 20 heavy (non-hydrogen) atoms. The second kappa shape index (κ2) is 5.59. The van der Waals surface area contributed by atoms with Gasteiger partial charge in [0.15, 0.2) is 0 Å². The maximum atomic E-state index is 9.58. The highest BCUT2D eigenvalue weighted by Crippen LogP contribution is 2.30. The van der Waals surface area contributed by atoms with E-state index in [2.05, 4.69) is 15.0 Å². The summed E-state index contributed by atoms with van der Waals surface area (Å²) in [6.07, 6.45) is 5.14. The zero-order valence-electron chi connectivity index (χ0n) is 10.8. The van der Waals surface area contributed by atoms with Crippen LogP contribution in [0.25, 0.3) is 22.6 Å². The van der Waals surface area contributed by atoms with E-state index in [1.165, 1.54) is 0 Å². The van der Waals surface area contributed by atoms with Gasteiger partial charge in [-0.3, -0.25) is 15.0 Å². The number of aliphatic hydroxyl groups excluding tert-OH is 1. The Hall–Kier alpha value is -2.59. The minimum atomic E-state index is -0.0612. The third-order valence-corrected chi connectivity index (χ3v) is 3.04. The van der Waals surface area contributed by atoms with Crippen LogP contribution in [0.5, 0.6) is 0 Å².